The largest absolute Gasteiger partial charge is 0.390 e. The van der Waals surface area contributed by atoms with E-state index in [-0.39, 0.29) is 46.4 Å². The molecule has 1 heterocycles. The van der Waals surface area contributed by atoms with Crippen LogP contribution in [0.3, 0.4) is 0 Å². The second-order valence-corrected chi connectivity index (χ2v) is 8.48. The highest BCUT2D eigenvalue weighted by atomic mass is 127. The number of thiophene rings is 1. The average Bonchev–Trinajstić information content (AvgIpc) is 2.88. The normalized spacial score (nSPS) is 17.4. The molecule has 0 aromatic carbocycles. The molecule has 1 aromatic rings. The summed E-state index contributed by atoms with van der Waals surface area (Å²) in [6.07, 6.45) is 2.63. The molecule has 1 aliphatic carbocycles. The Labute approximate surface area is 152 Å². The van der Waals surface area contributed by atoms with Crippen molar-refractivity contribution in [3.63, 3.8) is 0 Å². The van der Waals surface area contributed by atoms with Crippen LogP contribution in [0.15, 0.2) is 26.7 Å². The van der Waals surface area contributed by atoms with E-state index in [9.17, 15) is 13.5 Å². The summed E-state index contributed by atoms with van der Waals surface area (Å²) in [5.74, 6) is 0.574. The summed E-state index contributed by atoms with van der Waals surface area (Å²) in [5, 5.41) is 14.5. The third-order valence-corrected chi connectivity index (χ3v) is 6.77. The Bertz CT molecular complexity index is 571. The maximum Gasteiger partial charge on any atom is 0.190 e. The van der Waals surface area contributed by atoms with Crippen LogP contribution >= 0.6 is 35.3 Å². The third-order valence-electron chi connectivity index (χ3n) is 3.48. The van der Waals surface area contributed by atoms with Crippen LogP contribution in [0, 0.1) is 5.92 Å². The topological polar surface area (TPSA) is 105 Å². The van der Waals surface area contributed by atoms with Gasteiger partial charge in [-0.1, -0.05) is 12.5 Å². The van der Waals surface area contributed by atoms with Gasteiger partial charge in [0, 0.05) is 6.54 Å². The summed E-state index contributed by atoms with van der Waals surface area (Å²) < 4.78 is 24.2. The van der Waals surface area contributed by atoms with E-state index < -0.39 is 15.9 Å². The zero-order chi connectivity index (χ0) is 15.3. The molecule has 1 unspecified atom stereocenters. The number of sulfone groups is 1. The molecule has 0 amide bonds. The summed E-state index contributed by atoms with van der Waals surface area (Å²) in [6, 6.07) is 3.20. The highest BCUT2D eigenvalue weighted by Gasteiger charge is 2.21. The summed E-state index contributed by atoms with van der Waals surface area (Å²) in [5.41, 5.74) is 5.69. The van der Waals surface area contributed by atoms with Gasteiger partial charge in [0.1, 0.15) is 4.21 Å². The van der Waals surface area contributed by atoms with Crippen molar-refractivity contribution in [2.24, 2.45) is 16.6 Å². The van der Waals surface area contributed by atoms with E-state index in [0.29, 0.717) is 5.92 Å². The van der Waals surface area contributed by atoms with Crippen LogP contribution in [0.4, 0.5) is 0 Å². The molecular formula is C13H22IN3O3S2. The average molecular weight is 459 g/mol. The molecule has 2 rings (SSSR count). The monoisotopic (exact) mass is 459 g/mol. The number of nitrogens with zero attached hydrogens (tertiary/aromatic N) is 1. The van der Waals surface area contributed by atoms with Crippen molar-refractivity contribution >= 4 is 51.1 Å². The Morgan fingerprint density at radius 3 is 2.82 bits per heavy atom. The number of hydrogen-bond donors (Lipinski definition) is 3. The van der Waals surface area contributed by atoms with E-state index in [0.717, 1.165) is 17.9 Å². The van der Waals surface area contributed by atoms with E-state index in [4.69, 9.17) is 5.73 Å². The number of aliphatic hydroxyl groups is 1. The zero-order valence-corrected chi connectivity index (χ0v) is 16.1. The number of rotatable bonds is 7. The Balaban J connectivity index is 0.00000242. The fraction of sp³-hybridized carbons (Fsp3) is 0.615. The molecule has 4 N–H and O–H groups in total. The molecular weight excluding hydrogens is 437 g/mol. The van der Waals surface area contributed by atoms with Gasteiger partial charge in [-0.15, -0.1) is 35.3 Å². The minimum absolute atomic E-state index is 0. The van der Waals surface area contributed by atoms with Crippen molar-refractivity contribution in [3.8, 4) is 0 Å². The van der Waals surface area contributed by atoms with E-state index in [1.165, 1.54) is 25.3 Å². The van der Waals surface area contributed by atoms with Gasteiger partial charge < -0.3 is 16.2 Å². The Morgan fingerprint density at radius 1 is 1.55 bits per heavy atom. The van der Waals surface area contributed by atoms with E-state index in [1.807, 2.05) is 0 Å². The van der Waals surface area contributed by atoms with Crippen LogP contribution in [-0.2, 0) is 9.84 Å². The third kappa shape index (κ3) is 6.01. The predicted molar refractivity (Wildman–Crippen MR) is 99.6 cm³/mol. The number of halogens is 1. The molecule has 0 radical (unpaired) electrons. The maximum absolute atomic E-state index is 12.0. The Morgan fingerprint density at radius 2 is 2.27 bits per heavy atom. The molecule has 22 heavy (non-hydrogen) atoms. The first-order chi connectivity index (χ1) is 9.97. The van der Waals surface area contributed by atoms with Crippen molar-refractivity contribution in [2.45, 2.75) is 29.6 Å². The van der Waals surface area contributed by atoms with Gasteiger partial charge in [-0.3, -0.25) is 4.99 Å². The van der Waals surface area contributed by atoms with Gasteiger partial charge in [0.2, 0.25) is 0 Å². The van der Waals surface area contributed by atoms with Gasteiger partial charge in [0.05, 0.1) is 18.4 Å². The van der Waals surface area contributed by atoms with Gasteiger partial charge >= 0.3 is 0 Å². The zero-order valence-electron chi connectivity index (χ0n) is 12.1. The lowest BCUT2D eigenvalue weighted by Crippen LogP contribution is -2.38. The summed E-state index contributed by atoms with van der Waals surface area (Å²) in [4.78, 5) is 3.99. The summed E-state index contributed by atoms with van der Waals surface area (Å²) in [6.45, 7) is 0.771. The van der Waals surface area contributed by atoms with Crippen LogP contribution in [0.5, 0.6) is 0 Å². The molecule has 1 saturated carbocycles. The highest BCUT2D eigenvalue weighted by Crippen LogP contribution is 2.25. The molecule has 1 fully saturated rings. The Hall–Kier alpha value is -0.390. The number of guanidine groups is 1. The van der Waals surface area contributed by atoms with Crippen molar-refractivity contribution < 1.29 is 13.5 Å². The molecule has 9 heteroatoms. The lowest BCUT2D eigenvalue weighted by atomic mass is 9.85. The molecule has 0 aliphatic heterocycles. The number of aliphatic hydroxyl groups excluding tert-OH is 1. The Kier molecular flexibility index (Phi) is 8.08. The van der Waals surface area contributed by atoms with Crippen molar-refractivity contribution in [2.75, 3.05) is 18.8 Å². The lowest BCUT2D eigenvalue weighted by Gasteiger charge is -2.25. The van der Waals surface area contributed by atoms with Crippen molar-refractivity contribution in [1.82, 2.24) is 5.32 Å². The quantitative estimate of drug-likeness (QED) is 0.323. The van der Waals surface area contributed by atoms with Gasteiger partial charge in [0.25, 0.3) is 0 Å². The molecule has 6 nitrogen and oxygen atoms in total. The van der Waals surface area contributed by atoms with Crippen LogP contribution in [-0.4, -0.2) is 44.4 Å². The maximum atomic E-state index is 12.0. The second kappa shape index (κ2) is 9.04. The fourth-order valence-electron chi connectivity index (χ4n) is 2.03. The number of nitrogens with one attached hydrogen (secondary N) is 1. The molecule has 0 saturated heterocycles. The summed E-state index contributed by atoms with van der Waals surface area (Å²) in [7, 11) is -3.45. The number of hydrogen-bond acceptors (Lipinski definition) is 5. The van der Waals surface area contributed by atoms with Crippen molar-refractivity contribution in [3.05, 3.63) is 17.5 Å². The molecule has 126 valence electrons. The van der Waals surface area contributed by atoms with E-state index in [2.05, 4.69) is 10.3 Å². The summed E-state index contributed by atoms with van der Waals surface area (Å²) >= 11 is 1.14. The molecule has 1 aliphatic rings. The number of aliphatic imine (C=N–C) groups is 1. The molecule has 0 bridgehead atoms. The first-order valence-corrected chi connectivity index (χ1v) is 9.48. The van der Waals surface area contributed by atoms with Gasteiger partial charge in [0.15, 0.2) is 15.8 Å². The molecule has 0 spiro atoms. The van der Waals surface area contributed by atoms with Crippen LogP contribution in [0.1, 0.15) is 19.3 Å². The lowest BCUT2D eigenvalue weighted by molar-refractivity contribution is 0.206. The van der Waals surface area contributed by atoms with Crippen LogP contribution in [0.25, 0.3) is 0 Å². The smallest absolute Gasteiger partial charge is 0.190 e. The van der Waals surface area contributed by atoms with Gasteiger partial charge in [-0.2, -0.15) is 0 Å². The minimum atomic E-state index is -3.45. The van der Waals surface area contributed by atoms with Gasteiger partial charge in [-0.05, 0) is 30.2 Å². The van der Waals surface area contributed by atoms with Crippen molar-refractivity contribution in [1.29, 1.82) is 0 Å². The second-order valence-electron chi connectivity index (χ2n) is 5.27. The number of nitrogens with two attached hydrogens (primary N) is 1. The first-order valence-electron chi connectivity index (χ1n) is 6.95. The molecule has 1 atom stereocenters. The standard InChI is InChI=1S/C13H21N3O3S2.HI/c14-13(15-7-10-3-1-4-10)16-8-11(17)9-21(18,19)12-5-2-6-20-12;/h2,5-6,10-11,17H,1,3-4,7-9H2,(H3,14,15,16);1H. The van der Waals surface area contributed by atoms with Gasteiger partial charge in [-0.25, -0.2) is 8.42 Å². The van der Waals surface area contributed by atoms with Crippen LogP contribution < -0.4 is 11.1 Å². The fourth-order valence-corrected chi connectivity index (χ4v) is 4.50. The van der Waals surface area contributed by atoms with Crippen LogP contribution in [0.2, 0.25) is 0 Å². The first kappa shape index (κ1) is 19.7. The van der Waals surface area contributed by atoms with E-state index in [1.54, 1.807) is 11.4 Å². The predicted octanol–water partition coefficient (Wildman–Crippen LogP) is 1.21. The molecule has 1 aromatic heterocycles. The van der Waals surface area contributed by atoms with E-state index >= 15 is 0 Å². The highest BCUT2D eigenvalue weighted by molar-refractivity contribution is 14.0. The SMILES string of the molecule is I.NC(=NCC(O)CS(=O)(=O)c1cccs1)NCC1CCC1. The minimum Gasteiger partial charge on any atom is -0.390 e.